The average molecular weight is 424 g/mol. The smallest absolute Gasteiger partial charge is 0.321 e. The highest BCUT2D eigenvalue weighted by Gasteiger charge is 2.42. The number of benzene rings is 2. The summed E-state index contributed by atoms with van der Waals surface area (Å²) in [5.41, 5.74) is 1.75. The minimum atomic E-state index is -1.02. The lowest BCUT2D eigenvalue weighted by molar-refractivity contribution is -0.153. The number of halogens is 1. The van der Waals surface area contributed by atoms with Gasteiger partial charge < -0.3 is 14.5 Å². The summed E-state index contributed by atoms with van der Waals surface area (Å²) >= 11 is 0. The molecule has 31 heavy (non-hydrogen) atoms. The van der Waals surface area contributed by atoms with Gasteiger partial charge in [-0.15, -0.1) is 0 Å². The average Bonchev–Trinajstić information content (AvgIpc) is 2.80. The van der Waals surface area contributed by atoms with E-state index in [1.54, 1.807) is 19.1 Å². The molecule has 0 aliphatic carbocycles. The van der Waals surface area contributed by atoms with Crippen LogP contribution in [0.5, 0.6) is 0 Å². The number of guanidine groups is 1. The fraction of sp³-hybridized carbons (Fsp3) is 0.348. The first kappa shape index (κ1) is 20.8. The molecule has 4 rings (SSSR count). The third-order valence-electron chi connectivity index (χ3n) is 5.55. The number of anilines is 1. The van der Waals surface area contributed by atoms with Gasteiger partial charge in [-0.1, -0.05) is 30.3 Å². The molecule has 0 radical (unpaired) electrons. The number of rotatable bonds is 4. The summed E-state index contributed by atoms with van der Waals surface area (Å²) in [6, 6.07) is 15.1. The van der Waals surface area contributed by atoms with E-state index in [1.165, 1.54) is 12.1 Å². The maximum Gasteiger partial charge on any atom is 0.321 e. The molecule has 1 saturated heterocycles. The van der Waals surface area contributed by atoms with Gasteiger partial charge in [-0.25, -0.2) is 9.38 Å². The number of ether oxygens (including phenoxy) is 1. The molecule has 2 aromatic rings. The first-order chi connectivity index (χ1) is 15.1. The molecule has 2 aliphatic heterocycles. The van der Waals surface area contributed by atoms with Crippen molar-refractivity contribution in [2.75, 3.05) is 37.7 Å². The van der Waals surface area contributed by atoms with E-state index >= 15 is 0 Å². The Balaban J connectivity index is 1.53. The van der Waals surface area contributed by atoms with Gasteiger partial charge >= 0.3 is 5.97 Å². The lowest BCUT2D eigenvalue weighted by Crippen LogP contribution is -2.57. The van der Waals surface area contributed by atoms with E-state index in [1.807, 2.05) is 35.2 Å². The molecular weight excluding hydrogens is 399 g/mol. The summed E-state index contributed by atoms with van der Waals surface area (Å²) in [7, 11) is 0. The normalized spacial score (nSPS) is 21.4. The number of amides is 1. The van der Waals surface area contributed by atoms with E-state index in [9.17, 15) is 14.0 Å². The summed E-state index contributed by atoms with van der Waals surface area (Å²) in [4.78, 5) is 34.3. The van der Waals surface area contributed by atoms with Crippen LogP contribution in [-0.4, -0.2) is 55.5 Å². The number of carbonyl (C=O) groups excluding carboxylic acids is 2. The van der Waals surface area contributed by atoms with E-state index < -0.39 is 23.8 Å². The molecule has 2 atom stereocenters. The van der Waals surface area contributed by atoms with Gasteiger partial charge in [-0.3, -0.25) is 14.9 Å². The van der Waals surface area contributed by atoms with Crippen LogP contribution in [0.3, 0.4) is 0 Å². The zero-order valence-electron chi connectivity index (χ0n) is 17.3. The highest BCUT2D eigenvalue weighted by Crippen LogP contribution is 2.31. The number of esters is 1. The molecule has 7 nitrogen and oxygen atoms in total. The summed E-state index contributed by atoms with van der Waals surface area (Å²) in [5.74, 6) is -1.79. The van der Waals surface area contributed by atoms with Crippen molar-refractivity contribution in [2.24, 2.45) is 10.9 Å². The van der Waals surface area contributed by atoms with Crippen LogP contribution in [0.2, 0.25) is 0 Å². The van der Waals surface area contributed by atoms with E-state index in [2.05, 4.69) is 10.2 Å². The van der Waals surface area contributed by atoms with Crippen LogP contribution in [0.4, 0.5) is 10.1 Å². The van der Waals surface area contributed by atoms with E-state index in [0.717, 1.165) is 11.3 Å². The number of nitrogens with zero attached hydrogens (tertiary/aromatic N) is 3. The molecule has 162 valence electrons. The SMILES string of the molecule is CCOC(=O)[C@H]1C(=O)NC(N2CCN(c3ccc(F)cc3)CC2)=N[C@H]1c1ccccc1. The largest absolute Gasteiger partial charge is 0.465 e. The number of aliphatic imine (C=N–C) groups is 1. The molecular formula is C23H25FN4O3. The zero-order valence-corrected chi connectivity index (χ0v) is 17.3. The highest BCUT2D eigenvalue weighted by molar-refractivity contribution is 6.08. The van der Waals surface area contributed by atoms with Gasteiger partial charge in [-0.05, 0) is 36.8 Å². The van der Waals surface area contributed by atoms with Gasteiger partial charge in [-0.2, -0.15) is 0 Å². The third kappa shape index (κ3) is 4.52. The quantitative estimate of drug-likeness (QED) is 0.603. The fourth-order valence-electron chi connectivity index (χ4n) is 3.94. The molecule has 0 spiro atoms. The molecule has 2 aliphatic rings. The predicted octanol–water partition coefficient (Wildman–Crippen LogP) is 2.35. The molecule has 0 saturated carbocycles. The van der Waals surface area contributed by atoms with Crippen LogP contribution >= 0.6 is 0 Å². The van der Waals surface area contributed by atoms with Gasteiger partial charge in [0.1, 0.15) is 11.9 Å². The number of hydrogen-bond donors (Lipinski definition) is 1. The van der Waals surface area contributed by atoms with Crippen molar-refractivity contribution in [3.8, 4) is 0 Å². The summed E-state index contributed by atoms with van der Waals surface area (Å²) < 4.78 is 18.3. The molecule has 0 bridgehead atoms. The number of piperazine rings is 1. The van der Waals surface area contributed by atoms with E-state index in [-0.39, 0.29) is 12.4 Å². The fourth-order valence-corrected chi connectivity index (χ4v) is 3.94. The first-order valence-corrected chi connectivity index (χ1v) is 10.4. The Morgan fingerprint density at radius 1 is 1.06 bits per heavy atom. The second-order valence-electron chi connectivity index (χ2n) is 7.48. The van der Waals surface area contributed by atoms with E-state index in [4.69, 9.17) is 9.73 Å². The highest BCUT2D eigenvalue weighted by atomic mass is 19.1. The molecule has 2 aromatic carbocycles. The Hall–Kier alpha value is -3.42. The van der Waals surface area contributed by atoms with Crippen molar-refractivity contribution in [2.45, 2.75) is 13.0 Å². The first-order valence-electron chi connectivity index (χ1n) is 10.4. The van der Waals surface area contributed by atoms with Crippen molar-refractivity contribution in [1.82, 2.24) is 10.2 Å². The topological polar surface area (TPSA) is 74.2 Å². The Labute approximate surface area is 180 Å². The lowest BCUT2D eigenvalue weighted by atomic mass is 9.91. The lowest BCUT2D eigenvalue weighted by Gasteiger charge is -2.39. The number of nitrogens with one attached hydrogen (secondary N) is 1. The number of carbonyl (C=O) groups is 2. The van der Waals surface area contributed by atoms with Gasteiger partial charge in [0.15, 0.2) is 5.92 Å². The molecule has 1 fully saturated rings. The van der Waals surface area contributed by atoms with Crippen LogP contribution in [0.1, 0.15) is 18.5 Å². The maximum atomic E-state index is 13.2. The van der Waals surface area contributed by atoms with Gasteiger partial charge in [0.25, 0.3) is 0 Å². The van der Waals surface area contributed by atoms with Crippen molar-refractivity contribution >= 4 is 23.5 Å². The Kier molecular flexibility index (Phi) is 6.16. The number of hydrogen-bond acceptors (Lipinski definition) is 6. The third-order valence-corrected chi connectivity index (χ3v) is 5.55. The van der Waals surface area contributed by atoms with Crippen molar-refractivity contribution in [3.05, 3.63) is 66.0 Å². The van der Waals surface area contributed by atoms with Gasteiger partial charge in [0.05, 0.1) is 6.61 Å². The zero-order chi connectivity index (χ0) is 21.8. The van der Waals surface area contributed by atoms with Crippen LogP contribution in [0.25, 0.3) is 0 Å². The molecule has 1 N–H and O–H groups in total. The van der Waals surface area contributed by atoms with Crippen LogP contribution < -0.4 is 10.2 Å². The maximum absolute atomic E-state index is 13.2. The predicted molar refractivity (Wildman–Crippen MR) is 115 cm³/mol. The summed E-state index contributed by atoms with van der Waals surface area (Å²) in [6.45, 7) is 4.61. The summed E-state index contributed by atoms with van der Waals surface area (Å²) in [6.07, 6.45) is 0. The van der Waals surface area contributed by atoms with Crippen LogP contribution in [0.15, 0.2) is 59.6 Å². The standard InChI is InChI=1S/C23H25FN4O3/c1-2-31-22(30)19-20(16-6-4-3-5-7-16)25-23(26-21(19)29)28-14-12-27(13-15-28)18-10-8-17(24)9-11-18/h3-11,19-20H,2,12-15H2,1H3,(H,25,26,29)/t19-,20+/m1/s1. The second kappa shape index (κ2) is 9.16. The van der Waals surface area contributed by atoms with Crippen LogP contribution in [-0.2, 0) is 14.3 Å². The van der Waals surface area contributed by atoms with Crippen molar-refractivity contribution in [3.63, 3.8) is 0 Å². The monoisotopic (exact) mass is 424 g/mol. The minimum absolute atomic E-state index is 0.200. The van der Waals surface area contributed by atoms with Gasteiger partial charge in [0, 0.05) is 31.9 Å². The molecule has 0 aromatic heterocycles. The summed E-state index contributed by atoms with van der Waals surface area (Å²) in [5, 5.41) is 2.81. The van der Waals surface area contributed by atoms with E-state index in [0.29, 0.717) is 32.1 Å². The Bertz CT molecular complexity index is 957. The minimum Gasteiger partial charge on any atom is -0.465 e. The Morgan fingerprint density at radius 3 is 2.35 bits per heavy atom. The molecule has 1 amide bonds. The van der Waals surface area contributed by atoms with Crippen molar-refractivity contribution < 1.29 is 18.7 Å². The van der Waals surface area contributed by atoms with Gasteiger partial charge in [0.2, 0.25) is 11.9 Å². The van der Waals surface area contributed by atoms with Crippen LogP contribution in [0, 0.1) is 11.7 Å². The molecule has 2 heterocycles. The molecule has 0 unspecified atom stereocenters. The van der Waals surface area contributed by atoms with Crippen molar-refractivity contribution in [1.29, 1.82) is 0 Å². The molecule has 8 heteroatoms. The second-order valence-corrected chi connectivity index (χ2v) is 7.48. The Morgan fingerprint density at radius 2 is 1.71 bits per heavy atom.